The van der Waals surface area contributed by atoms with Crippen LogP contribution in [0.2, 0.25) is 0 Å². The van der Waals surface area contributed by atoms with Crippen LogP contribution in [0.25, 0.3) is 0 Å². The van der Waals surface area contributed by atoms with Gasteiger partial charge in [0.25, 0.3) is 0 Å². The molecule has 0 amide bonds. The van der Waals surface area contributed by atoms with Crippen molar-refractivity contribution in [1.29, 1.82) is 0 Å². The molecule has 0 heterocycles. The van der Waals surface area contributed by atoms with Crippen LogP contribution < -0.4 is 0 Å². The molecule has 0 aromatic heterocycles. The van der Waals surface area contributed by atoms with E-state index in [0.717, 1.165) is 0 Å². The van der Waals surface area contributed by atoms with Crippen LogP contribution in [0.15, 0.2) is 0 Å². The van der Waals surface area contributed by atoms with Gasteiger partial charge in [0.2, 0.25) is 0 Å². The third kappa shape index (κ3) is 236000. The Balaban J connectivity index is -0.00000000989. The minimum absolute atomic E-state index is 0. The van der Waals surface area contributed by atoms with E-state index in [4.69, 9.17) is 181 Å². The van der Waals surface area contributed by atoms with Crippen LogP contribution in [0, 0.1) is 0 Å². The number of rotatable bonds is 0. The van der Waals surface area contributed by atoms with Crippen molar-refractivity contribution in [3.8, 4) is 0 Å². The summed E-state index contributed by atoms with van der Waals surface area (Å²) in [5, 5.41) is 258. The Labute approximate surface area is 344 Å². The van der Waals surface area contributed by atoms with Gasteiger partial charge >= 0.3 is 107 Å². The second kappa shape index (κ2) is 162. The molecule has 0 bridgehead atoms. The summed E-state index contributed by atoms with van der Waals surface area (Å²) in [6, 6.07) is 0. The normalized spacial score (nSPS) is 5.31. The third-order valence-corrected chi connectivity index (χ3v) is 0. The van der Waals surface area contributed by atoms with Gasteiger partial charge in [0, 0.05) is 0 Å². The first-order chi connectivity index (χ1) is 20.8. The second-order valence-corrected chi connectivity index (χ2v) is 4.16. The Hall–Kier alpha value is -0.903. The van der Waals surface area contributed by atoms with Crippen LogP contribution in [0.1, 0.15) is 0 Å². The summed E-state index contributed by atoms with van der Waals surface area (Å²) in [5.41, 5.74) is 0. The van der Waals surface area contributed by atoms with Crippen molar-refractivity contribution in [2.75, 3.05) is 0 Å². The van der Waals surface area contributed by atoms with Crippen molar-refractivity contribution in [2.45, 2.75) is 0 Å². The van der Waals surface area contributed by atoms with Gasteiger partial charge in [-0.3, -0.25) is 56.5 Å². The molecular formula is H49B12F12LiO36. The molecule has 0 aliphatic rings. The molecule has 36 nitrogen and oxygen atoms in total. The van der Waals surface area contributed by atoms with E-state index in [1.165, 1.54) is 0 Å². The molecule has 0 fully saturated rings. The molecule has 36 N–H and O–H groups in total. The molecule has 0 spiro atoms. The fourth-order valence-corrected chi connectivity index (χ4v) is 0. The van der Waals surface area contributed by atoms with E-state index in [9.17, 15) is 0 Å². The van der Waals surface area contributed by atoms with Gasteiger partial charge in [0.1, 0.15) is 0 Å². The van der Waals surface area contributed by atoms with Gasteiger partial charge in [-0.2, -0.15) is 0 Å². The molecule has 0 aliphatic carbocycles. The zero-order valence-electron chi connectivity index (χ0n) is 27.9. The molecule has 0 aromatic rings. The third-order valence-electron chi connectivity index (χ3n) is 0. The van der Waals surface area contributed by atoms with Gasteiger partial charge in [0.05, 0.1) is 0 Å². The molecular weight excluding hydrogens is 941 g/mol. The predicted octanol–water partition coefficient (Wildman–Crippen LogP) is -23.4. The van der Waals surface area contributed by atoms with Gasteiger partial charge < -0.3 is 181 Å². The number of hydrogen-bond acceptors (Lipinski definition) is 36. The van der Waals surface area contributed by atoms with Crippen molar-refractivity contribution in [1.82, 2.24) is 0 Å². The van der Waals surface area contributed by atoms with Gasteiger partial charge in [-0.1, -0.05) is 0 Å². The van der Waals surface area contributed by atoms with Crippen LogP contribution in [0.4, 0.5) is 56.5 Å². The number of halogens is 12. The van der Waals surface area contributed by atoms with Crippen molar-refractivity contribution in [3.63, 3.8) is 0 Å². The summed E-state index contributed by atoms with van der Waals surface area (Å²) in [6.07, 6.45) is 0. The van der Waals surface area contributed by atoms with Crippen molar-refractivity contribution in [2.24, 2.45) is 0 Å². The summed E-state index contributed by atoms with van der Waals surface area (Å²) in [7, 11) is -26.0. The van der Waals surface area contributed by atoms with Gasteiger partial charge in [-0.25, -0.2) is 0 Å². The molecule has 61 heteroatoms. The van der Waals surface area contributed by atoms with E-state index in [1.54, 1.807) is 0 Å². The van der Waals surface area contributed by atoms with E-state index in [0.29, 0.717) is 0 Å². The van der Waals surface area contributed by atoms with Crippen molar-refractivity contribution in [3.05, 3.63) is 0 Å². The zero-order valence-corrected chi connectivity index (χ0v) is 27.9. The molecule has 0 saturated heterocycles. The summed E-state index contributed by atoms with van der Waals surface area (Å²) >= 11 is 0. The molecule has 0 saturated carbocycles. The Kier molecular flexibility index (Phi) is 452. The maximum atomic E-state index is 7.17. The molecule has 0 unspecified atom stereocenters. The summed E-state index contributed by atoms with van der Waals surface area (Å²) in [6.45, 7) is 0. The summed E-state index contributed by atoms with van der Waals surface area (Å²) in [5.74, 6) is 0. The van der Waals surface area contributed by atoms with Crippen LogP contribution in [0.3, 0.4) is 0 Å². The van der Waals surface area contributed by atoms with Crippen LogP contribution in [-0.4, -0.2) is 288 Å². The molecule has 0 aliphatic heterocycles. The van der Waals surface area contributed by atoms with E-state index in [2.05, 4.69) is 0 Å². The quantitative estimate of drug-likeness (QED) is 0.0791. The molecule has 0 rings (SSSR count). The molecule has 0 aromatic carbocycles. The van der Waals surface area contributed by atoms with E-state index >= 15 is 0 Å². The second-order valence-electron chi connectivity index (χ2n) is 4.16. The Morgan fingerprint density at radius 1 is 0.0984 bits per heavy atom. The standard InChI is InChI=1S/12BH3O3.12FH.Li.H/c12*2-1(3)4;;;;;;;;;;;;;;/h12*2-4H;12*1H;;. The zero-order chi connectivity index (χ0) is 42.9. The van der Waals surface area contributed by atoms with Crippen molar-refractivity contribution >= 4 is 107 Å². The number of hydrogen-bond donors (Lipinski definition) is 36. The average molecular weight is 990 g/mol. The first-order valence-electron chi connectivity index (χ1n) is 9.30. The van der Waals surface area contributed by atoms with Gasteiger partial charge in [0.15, 0.2) is 0 Å². The predicted molar refractivity (Wildman–Crippen MR) is 186 cm³/mol. The Morgan fingerprint density at radius 3 is 0.0984 bits per heavy atom. The maximum absolute atomic E-state index is 7.17. The summed E-state index contributed by atoms with van der Waals surface area (Å²) < 4.78 is 0. The SMILES string of the molecule is F.F.F.F.F.F.F.F.F.F.F.F.OB(O)O.OB(O)O.OB(O)O.OB(O)O.OB(O)O.OB(O)O.OB(O)O.OB(O)O.OB(O)O.OB(O)O.OB(O)O.OB(O)O.[LiH]. The molecule has 0 atom stereocenters. The van der Waals surface area contributed by atoms with Crippen LogP contribution in [-0.2, 0) is 0 Å². The monoisotopic (exact) mass is 992 g/mol. The minimum atomic E-state index is -2.17. The molecule has 386 valence electrons. The average Bonchev–Trinajstić information content (AvgIpc) is 2.61. The fourth-order valence-electron chi connectivity index (χ4n) is 0. The first kappa shape index (κ1) is 170. The molecule has 0 radical (unpaired) electrons. The fraction of sp³-hybridized carbons (Fsp3) is 0. The Morgan fingerprint density at radius 2 is 0.0984 bits per heavy atom. The van der Waals surface area contributed by atoms with E-state index in [1.807, 2.05) is 0 Å². The summed E-state index contributed by atoms with van der Waals surface area (Å²) in [4.78, 5) is 0. The Bertz CT molecular complexity index is 276. The van der Waals surface area contributed by atoms with E-state index in [-0.39, 0.29) is 75.3 Å². The van der Waals surface area contributed by atoms with Crippen LogP contribution in [0.5, 0.6) is 0 Å². The molecule has 61 heavy (non-hydrogen) atoms. The first-order valence-corrected chi connectivity index (χ1v) is 9.30. The topological polar surface area (TPSA) is 728 Å². The van der Waals surface area contributed by atoms with Gasteiger partial charge in [-0.15, -0.1) is 0 Å². The van der Waals surface area contributed by atoms with Gasteiger partial charge in [-0.05, 0) is 0 Å². The van der Waals surface area contributed by atoms with Crippen LogP contribution >= 0.6 is 0 Å². The van der Waals surface area contributed by atoms with E-state index < -0.39 is 87.9 Å². The van der Waals surface area contributed by atoms with Crippen molar-refractivity contribution < 1.29 is 237 Å².